The summed E-state index contributed by atoms with van der Waals surface area (Å²) < 4.78 is 16.5. The van der Waals surface area contributed by atoms with Gasteiger partial charge in [0.15, 0.2) is 5.65 Å². The predicted molar refractivity (Wildman–Crippen MR) is 147 cm³/mol. The van der Waals surface area contributed by atoms with E-state index in [-0.39, 0.29) is 5.82 Å². The molecule has 0 saturated carbocycles. The van der Waals surface area contributed by atoms with Crippen LogP contribution in [0.1, 0.15) is 0 Å². The maximum absolute atomic E-state index is 15.0. The number of anilines is 3. The minimum atomic E-state index is -0.399. The summed E-state index contributed by atoms with van der Waals surface area (Å²) in [7, 11) is 0. The minimum Gasteiger partial charge on any atom is -0.383 e. The van der Waals surface area contributed by atoms with Gasteiger partial charge in [0.25, 0.3) is 0 Å². The van der Waals surface area contributed by atoms with Crippen LogP contribution in [-0.2, 0) is 0 Å². The van der Waals surface area contributed by atoms with Gasteiger partial charge in [-0.3, -0.25) is 0 Å². The van der Waals surface area contributed by atoms with Crippen molar-refractivity contribution >= 4 is 51.7 Å². The topological polar surface area (TPSA) is 76.1 Å². The first-order valence-electron chi connectivity index (χ1n) is 11.8. The molecule has 0 radical (unpaired) electrons. The van der Waals surface area contributed by atoms with Gasteiger partial charge in [0.2, 0.25) is 5.95 Å². The number of halogens is 3. The van der Waals surface area contributed by atoms with E-state index in [1.165, 1.54) is 16.4 Å². The minimum absolute atomic E-state index is 0.284. The Morgan fingerprint density at radius 3 is 2.19 bits per heavy atom. The normalized spacial score (nSPS) is 13.9. The van der Waals surface area contributed by atoms with Crippen molar-refractivity contribution in [1.29, 1.82) is 0 Å². The van der Waals surface area contributed by atoms with Crippen molar-refractivity contribution < 1.29 is 4.39 Å². The van der Waals surface area contributed by atoms with Crippen LogP contribution in [0.3, 0.4) is 0 Å². The fourth-order valence-corrected chi connectivity index (χ4v) is 4.90. The van der Waals surface area contributed by atoms with Gasteiger partial charge in [-0.1, -0.05) is 53.5 Å². The zero-order valence-electron chi connectivity index (χ0n) is 19.7. The molecule has 186 valence electrons. The summed E-state index contributed by atoms with van der Waals surface area (Å²) in [5, 5.41) is 5.93. The zero-order valence-corrected chi connectivity index (χ0v) is 21.2. The van der Waals surface area contributed by atoms with Crippen LogP contribution in [0.2, 0.25) is 10.0 Å². The summed E-state index contributed by atoms with van der Waals surface area (Å²) >= 11 is 12.3. The standard InChI is InChI=1S/C27H22Cl2FN7/c28-20-11-10-18(16-21(20)29)37-25(31)23-24(19-8-4-5-9-22(19)30)32-27(33-26(23)34-37)36-14-12-35(13-15-36)17-6-2-1-3-7-17/h1-11,16H,12-15,31H2. The van der Waals surface area contributed by atoms with Gasteiger partial charge >= 0.3 is 0 Å². The molecule has 1 aliphatic heterocycles. The lowest BCUT2D eigenvalue weighted by molar-refractivity contribution is 0.629. The number of hydrogen-bond donors (Lipinski definition) is 1. The van der Waals surface area contributed by atoms with Gasteiger partial charge in [-0.2, -0.15) is 4.98 Å². The highest BCUT2D eigenvalue weighted by atomic mass is 35.5. The van der Waals surface area contributed by atoms with Crippen LogP contribution in [0.25, 0.3) is 28.0 Å². The Morgan fingerprint density at radius 1 is 0.757 bits per heavy atom. The van der Waals surface area contributed by atoms with Crippen molar-refractivity contribution in [1.82, 2.24) is 19.7 Å². The first kappa shape index (κ1) is 23.5. The van der Waals surface area contributed by atoms with Crippen LogP contribution >= 0.6 is 23.2 Å². The van der Waals surface area contributed by atoms with E-state index < -0.39 is 5.82 Å². The van der Waals surface area contributed by atoms with Gasteiger partial charge in [0.05, 0.1) is 26.8 Å². The maximum atomic E-state index is 15.0. The van der Waals surface area contributed by atoms with Crippen molar-refractivity contribution in [3.8, 4) is 16.9 Å². The Morgan fingerprint density at radius 2 is 1.46 bits per heavy atom. The summed E-state index contributed by atoms with van der Waals surface area (Å²) in [5.74, 6) is 0.369. The van der Waals surface area contributed by atoms with Crippen LogP contribution in [-0.4, -0.2) is 45.9 Å². The molecular formula is C27H22Cl2FN7. The molecule has 1 fully saturated rings. The first-order chi connectivity index (χ1) is 18.0. The van der Waals surface area contributed by atoms with Gasteiger partial charge in [-0.15, -0.1) is 5.10 Å². The number of hydrogen-bond acceptors (Lipinski definition) is 6. The molecule has 1 aliphatic rings. The van der Waals surface area contributed by atoms with E-state index in [0.717, 1.165) is 13.1 Å². The number of nitrogens with two attached hydrogens (primary N) is 1. The largest absolute Gasteiger partial charge is 0.383 e. The molecule has 0 aliphatic carbocycles. The lowest BCUT2D eigenvalue weighted by Crippen LogP contribution is -2.47. The van der Waals surface area contributed by atoms with E-state index in [4.69, 9.17) is 38.9 Å². The molecule has 0 amide bonds. The van der Waals surface area contributed by atoms with Gasteiger partial charge in [-0.05, 0) is 42.5 Å². The summed E-state index contributed by atoms with van der Waals surface area (Å²) in [6.07, 6.45) is 0. The van der Waals surface area contributed by atoms with Crippen molar-refractivity contribution in [3.05, 3.63) is 88.7 Å². The number of para-hydroxylation sites is 1. The summed E-state index contributed by atoms with van der Waals surface area (Å²) in [5.41, 5.74) is 9.45. The van der Waals surface area contributed by atoms with Crippen LogP contribution < -0.4 is 15.5 Å². The number of piperazine rings is 1. The third-order valence-corrected chi connectivity index (χ3v) is 7.26. The molecule has 0 bridgehead atoms. The summed E-state index contributed by atoms with van der Waals surface area (Å²) in [6, 6.07) is 21.9. The zero-order chi connectivity index (χ0) is 25.5. The SMILES string of the molecule is Nc1c2c(-c3ccccc3F)nc(N3CCN(c4ccccc4)CC3)nc2nn1-c1ccc(Cl)c(Cl)c1. The fourth-order valence-electron chi connectivity index (χ4n) is 4.61. The number of benzene rings is 3. The molecule has 2 aromatic heterocycles. The lowest BCUT2D eigenvalue weighted by atomic mass is 10.1. The Kier molecular flexibility index (Phi) is 6.06. The summed E-state index contributed by atoms with van der Waals surface area (Å²) in [6.45, 7) is 3.03. The molecule has 0 atom stereocenters. The van der Waals surface area contributed by atoms with Crippen molar-refractivity contribution in [2.24, 2.45) is 0 Å². The Hall–Kier alpha value is -3.88. The quantitative estimate of drug-likeness (QED) is 0.313. The highest BCUT2D eigenvalue weighted by Crippen LogP contribution is 2.35. The number of nitrogens with zero attached hydrogens (tertiary/aromatic N) is 6. The molecule has 37 heavy (non-hydrogen) atoms. The third kappa shape index (κ3) is 4.32. The van der Waals surface area contributed by atoms with E-state index in [9.17, 15) is 4.39 Å². The molecule has 1 saturated heterocycles. The monoisotopic (exact) mass is 533 g/mol. The maximum Gasteiger partial charge on any atom is 0.228 e. The summed E-state index contributed by atoms with van der Waals surface area (Å²) in [4.78, 5) is 14.0. The van der Waals surface area contributed by atoms with E-state index in [1.54, 1.807) is 36.4 Å². The average molecular weight is 534 g/mol. The van der Waals surface area contributed by atoms with Crippen molar-refractivity contribution in [2.75, 3.05) is 41.7 Å². The smallest absolute Gasteiger partial charge is 0.228 e. The molecule has 6 rings (SSSR count). The van der Waals surface area contributed by atoms with Crippen LogP contribution in [0.4, 0.5) is 21.8 Å². The molecular weight excluding hydrogens is 512 g/mol. The Bertz CT molecular complexity index is 1600. The van der Waals surface area contributed by atoms with Gasteiger partial charge in [0, 0.05) is 37.4 Å². The molecule has 3 heterocycles. The fraction of sp³-hybridized carbons (Fsp3) is 0.148. The van der Waals surface area contributed by atoms with Crippen LogP contribution in [0.15, 0.2) is 72.8 Å². The second-order valence-electron chi connectivity index (χ2n) is 8.76. The van der Waals surface area contributed by atoms with Gasteiger partial charge in [-0.25, -0.2) is 14.1 Å². The highest BCUT2D eigenvalue weighted by Gasteiger charge is 2.25. The number of aromatic nitrogens is 4. The number of fused-ring (bicyclic) bond motifs is 1. The van der Waals surface area contributed by atoms with E-state index in [2.05, 4.69) is 27.0 Å². The molecule has 7 nitrogen and oxygen atoms in total. The molecule has 2 N–H and O–H groups in total. The van der Waals surface area contributed by atoms with Gasteiger partial charge in [0.1, 0.15) is 11.6 Å². The van der Waals surface area contributed by atoms with Gasteiger partial charge < -0.3 is 15.5 Å². The highest BCUT2D eigenvalue weighted by molar-refractivity contribution is 6.42. The lowest BCUT2D eigenvalue weighted by Gasteiger charge is -2.36. The average Bonchev–Trinajstić information content (AvgIpc) is 3.27. The third-order valence-electron chi connectivity index (χ3n) is 6.52. The second kappa shape index (κ2) is 9.53. The van der Waals surface area contributed by atoms with Crippen molar-refractivity contribution in [3.63, 3.8) is 0 Å². The molecule has 10 heteroatoms. The van der Waals surface area contributed by atoms with Crippen LogP contribution in [0, 0.1) is 5.82 Å². The molecule has 3 aromatic carbocycles. The van der Waals surface area contributed by atoms with Crippen molar-refractivity contribution in [2.45, 2.75) is 0 Å². The second-order valence-corrected chi connectivity index (χ2v) is 9.57. The Labute approximate surface area is 222 Å². The molecule has 0 unspecified atom stereocenters. The number of rotatable bonds is 4. The van der Waals surface area contributed by atoms with E-state index in [1.807, 2.05) is 18.2 Å². The molecule has 0 spiro atoms. The predicted octanol–water partition coefficient (Wildman–Crippen LogP) is 5.84. The van der Waals surface area contributed by atoms with E-state index in [0.29, 0.717) is 57.1 Å². The van der Waals surface area contributed by atoms with Crippen LogP contribution in [0.5, 0.6) is 0 Å². The van der Waals surface area contributed by atoms with E-state index >= 15 is 0 Å². The molecule has 5 aromatic rings. The Balaban J connectivity index is 1.44. The number of nitrogen functional groups attached to an aromatic ring is 1. The first-order valence-corrected chi connectivity index (χ1v) is 12.6.